The van der Waals surface area contributed by atoms with Gasteiger partial charge in [-0.2, -0.15) is 0 Å². The summed E-state index contributed by atoms with van der Waals surface area (Å²) in [6, 6.07) is 16.3. The van der Waals surface area contributed by atoms with Crippen LogP contribution in [0.15, 0.2) is 48.5 Å². The van der Waals surface area contributed by atoms with E-state index >= 15 is 0 Å². The number of amides is 2. The maximum absolute atomic E-state index is 12.5. The van der Waals surface area contributed by atoms with Gasteiger partial charge in [-0.25, -0.2) is 10.9 Å². The summed E-state index contributed by atoms with van der Waals surface area (Å²) in [5.41, 5.74) is 4.68. The van der Waals surface area contributed by atoms with Crippen LogP contribution in [0.4, 0.5) is 0 Å². The van der Waals surface area contributed by atoms with Crippen molar-refractivity contribution in [3.63, 3.8) is 0 Å². The second-order valence-corrected chi connectivity index (χ2v) is 6.31. The molecule has 22 heavy (non-hydrogen) atoms. The molecule has 0 radical (unpaired) electrons. The lowest BCUT2D eigenvalue weighted by Crippen LogP contribution is -2.41. The van der Waals surface area contributed by atoms with Gasteiger partial charge in [0.15, 0.2) is 0 Å². The van der Waals surface area contributed by atoms with Crippen molar-refractivity contribution in [2.24, 2.45) is 17.7 Å². The third kappa shape index (κ3) is 1.19. The van der Waals surface area contributed by atoms with Crippen LogP contribution in [0.1, 0.15) is 34.1 Å². The molecule has 1 heterocycles. The molecule has 2 amide bonds. The highest BCUT2D eigenvalue weighted by molar-refractivity contribution is 6.07. The summed E-state index contributed by atoms with van der Waals surface area (Å²) in [6.07, 6.45) is 0. The molecule has 0 saturated carbocycles. The number of hydrazine groups is 1. The molecular formula is C18H14N2O2. The highest BCUT2D eigenvalue weighted by atomic mass is 16.2. The average molecular weight is 290 g/mol. The highest BCUT2D eigenvalue weighted by Gasteiger charge is 2.61. The molecule has 0 unspecified atom stereocenters. The Morgan fingerprint density at radius 2 is 1.00 bits per heavy atom. The summed E-state index contributed by atoms with van der Waals surface area (Å²) in [7, 11) is 0. The van der Waals surface area contributed by atoms with Gasteiger partial charge in [-0.3, -0.25) is 9.59 Å². The quantitative estimate of drug-likeness (QED) is 0.457. The number of nitrogens with zero attached hydrogens (tertiary/aromatic N) is 1. The molecule has 4 nitrogen and oxygen atoms in total. The summed E-state index contributed by atoms with van der Waals surface area (Å²) >= 11 is 0. The largest absolute Gasteiger partial charge is 0.273 e. The van der Waals surface area contributed by atoms with Gasteiger partial charge in [-0.05, 0) is 22.3 Å². The number of carbonyl (C=O) groups is 2. The van der Waals surface area contributed by atoms with Crippen molar-refractivity contribution in [1.82, 2.24) is 5.01 Å². The van der Waals surface area contributed by atoms with Crippen molar-refractivity contribution in [3.8, 4) is 0 Å². The van der Waals surface area contributed by atoms with E-state index in [4.69, 9.17) is 5.84 Å². The predicted octanol–water partition coefficient (Wildman–Crippen LogP) is 1.75. The minimum atomic E-state index is -0.354. The molecule has 3 aliphatic carbocycles. The predicted molar refractivity (Wildman–Crippen MR) is 79.6 cm³/mol. The van der Waals surface area contributed by atoms with Crippen LogP contribution < -0.4 is 5.84 Å². The second kappa shape index (κ2) is 3.84. The minimum Gasteiger partial charge on any atom is -0.273 e. The van der Waals surface area contributed by atoms with Gasteiger partial charge in [-0.15, -0.1) is 0 Å². The van der Waals surface area contributed by atoms with E-state index in [1.165, 1.54) is 22.3 Å². The Kier molecular flexibility index (Phi) is 2.12. The zero-order chi connectivity index (χ0) is 15.0. The van der Waals surface area contributed by atoms with Gasteiger partial charge in [0, 0.05) is 11.8 Å². The van der Waals surface area contributed by atoms with E-state index in [-0.39, 0.29) is 35.5 Å². The normalized spacial score (nSPS) is 31.0. The van der Waals surface area contributed by atoms with Gasteiger partial charge in [0.1, 0.15) is 0 Å². The number of imide groups is 1. The lowest BCUT2D eigenvalue weighted by atomic mass is 9.55. The second-order valence-electron chi connectivity index (χ2n) is 6.31. The summed E-state index contributed by atoms with van der Waals surface area (Å²) in [4.78, 5) is 25.1. The zero-order valence-electron chi connectivity index (χ0n) is 11.8. The summed E-state index contributed by atoms with van der Waals surface area (Å²) in [6.45, 7) is 0. The molecule has 4 aliphatic rings. The van der Waals surface area contributed by atoms with Gasteiger partial charge in [-0.1, -0.05) is 48.5 Å². The Balaban J connectivity index is 1.86. The van der Waals surface area contributed by atoms with Gasteiger partial charge >= 0.3 is 0 Å². The Bertz CT molecular complexity index is 729. The molecule has 0 aromatic heterocycles. The molecule has 6 rings (SSSR count). The Morgan fingerprint density at radius 1 is 0.682 bits per heavy atom. The first-order chi connectivity index (χ1) is 10.7. The molecule has 0 spiro atoms. The first kappa shape index (κ1) is 12.1. The standard InChI is InChI=1S/C18H14N2O2/c19-20-17(21)15-13-9-5-1-2-6-10(9)14(16(15)18(20)22)12-8-4-3-7-11(12)13/h1-8,13-16H,19H2/t13?,14?,15-,16-/m1/s1. The van der Waals surface area contributed by atoms with Crippen molar-refractivity contribution >= 4 is 11.8 Å². The number of rotatable bonds is 0. The Hall–Kier alpha value is -2.46. The maximum Gasteiger partial charge on any atom is 0.248 e. The smallest absolute Gasteiger partial charge is 0.248 e. The van der Waals surface area contributed by atoms with Crippen molar-refractivity contribution < 1.29 is 9.59 Å². The SMILES string of the molecule is NN1C(=O)[C@@H]2C3c4ccccc4C(c4ccccc43)[C@H]2C1=O. The van der Waals surface area contributed by atoms with Crippen LogP contribution in [0.3, 0.4) is 0 Å². The molecule has 2 N–H and O–H groups in total. The zero-order valence-corrected chi connectivity index (χ0v) is 11.8. The van der Waals surface area contributed by atoms with E-state index in [0.717, 1.165) is 5.01 Å². The van der Waals surface area contributed by atoms with E-state index in [1.807, 2.05) is 24.3 Å². The summed E-state index contributed by atoms with van der Waals surface area (Å²) < 4.78 is 0. The van der Waals surface area contributed by atoms with Crippen LogP contribution in [-0.4, -0.2) is 16.8 Å². The number of hydrogen-bond acceptors (Lipinski definition) is 3. The topological polar surface area (TPSA) is 63.4 Å². The van der Waals surface area contributed by atoms with E-state index in [2.05, 4.69) is 24.3 Å². The molecule has 4 heteroatoms. The monoisotopic (exact) mass is 290 g/mol. The highest BCUT2D eigenvalue weighted by Crippen LogP contribution is 2.60. The van der Waals surface area contributed by atoms with Crippen LogP contribution >= 0.6 is 0 Å². The van der Waals surface area contributed by atoms with Gasteiger partial charge in [0.25, 0.3) is 0 Å². The molecule has 1 fully saturated rings. The minimum absolute atomic E-state index is 0.0626. The molecular weight excluding hydrogens is 276 g/mol. The average Bonchev–Trinajstić information content (AvgIpc) is 2.80. The summed E-state index contributed by atoms with van der Waals surface area (Å²) in [5, 5.41) is 0.840. The Labute approximate surface area is 127 Å². The number of hydrogen-bond donors (Lipinski definition) is 1. The van der Waals surface area contributed by atoms with Crippen LogP contribution in [0.25, 0.3) is 0 Å². The molecule has 1 saturated heterocycles. The third-order valence-corrected chi connectivity index (χ3v) is 5.48. The number of benzene rings is 2. The fraction of sp³-hybridized carbons (Fsp3) is 0.222. The fourth-order valence-corrected chi connectivity index (χ4v) is 4.70. The van der Waals surface area contributed by atoms with Crippen LogP contribution in [0, 0.1) is 11.8 Å². The molecule has 2 aromatic carbocycles. The molecule has 2 bridgehead atoms. The van der Waals surface area contributed by atoms with Gasteiger partial charge < -0.3 is 0 Å². The van der Waals surface area contributed by atoms with E-state index < -0.39 is 0 Å². The third-order valence-electron chi connectivity index (χ3n) is 5.48. The summed E-state index contributed by atoms with van der Waals surface area (Å²) in [5.74, 6) is 4.42. The van der Waals surface area contributed by atoms with Gasteiger partial charge in [0.05, 0.1) is 11.8 Å². The van der Waals surface area contributed by atoms with Crippen molar-refractivity contribution in [3.05, 3.63) is 70.8 Å². The molecule has 108 valence electrons. The fourth-order valence-electron chi connectivity index (χ4n) is 4.70. The number of carbonyl (C=O) groups excluding carboxylic acids is 2. The van der Waals surface area contributed by atoms with E-state index in [0.29, 0.717) is 0 Å². The van der Waals surface area contributed by atoms with E-state index in [1.54, 1.807) is 0 Å². The van der Waals surface area contributed by atoms with Crippen LogP contribution in [-0.2, 0) is 9.59 Å². The molecule has 2 atom stereocenters. The van der Waals surface area contributed by atoms with Crippen molar-refractivity contribution in [1.29, 1.82) is 0 Å². The van der Waals surface area contributed by atoms with Crippen molar-refractivity contribution in [2.45, 2.75) is 11.8 Å². The van der Waals surface area contributed by atoms with Crippen LogP contribution in [0.5, 0.6) is 0 Å². The first-order valence-corrected chi connectivity index (χ1v) is 7.50. The molecule has 2 aromatic rings. The Morgan fingerprint density at radius 3 is 1.32 bits per heavy atom. The lowest BCUT2D eigenvalue weighted by Gasteiger charge is -2.45. The van der Waals surface area contributed by atoms with Crippen LogP contribution in [0.2, 0.25) is 0 Å². The van der Waals surface area contributed by atoms with Crippen molar-refractivity contribution in [2.75, 3.05) is 0 Å². The first-order valence-electron chi connectivity index (χ1n) is 7.50. The maximum atomic E-state index is 12.5. The van der Waals surface area contributed by atoms with E-state index in [9.17, 15) is 9.59 Å². The lowest BCUT2D eigenvalue weighted by molar-refractivity contribution is -0.140. The molecule has 1 aliphatic heterocycles. The van der Waals surface area contributed by atoms with Gasteiger partial charge in [0.2, 0.25) is 11.8 Å². The number of nitrogens with two attached hydrogens (primary N) is 1.